The first-order chi connectivity index (χ1) is 8.25. The van der Waals surface area contributed by atoms with Gasteiger partial charge in [-0.1, -0.05) is 0 Å². The molecule has 2 nitrogen and oxygen atoms in total. The molecule has 0 amide bonds. The molecule has 2 aromatic carbocycles. The van der Waals surface area contributed by atoms with Gasteiger partial charge in [0.2, 0.25) is 0 Å². The minimum absolute atomic E-state index is 0. The fourth-order valence-corrected chi connectivity index (χ4v) is 2.01. The summed E-state index contributed by atoms with van der Waals surface area (Å²) in [6.07, 6.45) is 1.93. The zero-order valence-electron chi connectivity index (χ0n) is 9.72. The number of halogens is 1. The van der Waals surface area contributed by atoms with Crippen LogP contribution in [0.3, 0.4) is 0 Å². The number of aromatic nitrogens is 2. The van der Waals surface area contributed by atoms with Crippen molar-refractivity contribution in [1.29, 1.82) is 0 Å². The summed E-state index contributed by atoms with van der Waals surface area (Å²) in [7, 11) is 1.94. The Morgan fingerprint density at radius 2 is 2.00 bits per heavy atom. The quantitative estimate of drug-likeness (QED) is 0.538. The molecule has 3 aromatic rings. The second kappa shape index (κ2) is 5.01. The molecule has 0 N–H and O–H groups in total. The molecule has 93 valence electrons. The van der Waals surface area contributed by atoms with E-state index in [9.17, 15) is 4.39 Å². The Morgan fingerprint density at radius 1 is 1.17 bits per heavy atom. The van der Waals surface area contributed by atoms with E-state index in [0.29, 0.717) is 0 Å². The van der Waals surface area contributed by atoms with Crippen LogP contribution in [0.4, 0.5) is 4.39 Å². The number of para-hydroxylation sites is 1. The Kier molecular flexibility index (Phi) is 3.60. The number of benzene rings is 2. The van der Waals surface area contributed by atoms with Gasteiger partial charge < -0.3 is 0 Å². The molecule has 1 heterocycles. The van der Waals surface area contributed by atoms with E-state index >= 15 is 0 Å². The second-order valence-electron chi connectivity index (χ2n) is 3.98. The van der Waals surface area contributed by atoms with Gasteiger partial charge in [0, 0.05) is 38.9 Å². The van der Waals surface area contributed by atoms with Crippen LogP contribution in [-0.2, 0) is 27.2 Å². The predicted octanol–water partition coefficient (Wildman–Crippen LogP) is 3.19. The molecule has 1 radical (unpaired) electrons. The van der Waals surface area contributed by atoms with E-state index in [1.165, 1.54) is 12.1 Å². The van der Waals surface area contributed by atoms with Gasteiger partial charge in [0.25, 0.3) is 0 Å². The van der Waals surface area contributed by atoms with E-state index in [-0.39, 0.29) is 25.9 Å². The first-order valence-corrected chi connectivity index (χ1v) is 5.39. The number of hydrogen-bond acceptors (Lipinski definition) is 0. The molecule has 0 saturated heterocycles. The van der Waals surface area contributed by atoms with Crippen molar-refractivity contribution in [3.8, 4) is 5.69 Å². The van der Waals surface area contributed by atoms with Crippen molar-refractivity contribution >= 4 is 11.0 Å². The summed E-state index contributed by atoms with van der Waals surface area (Å²) in [5.41, 5.74) is 2.74. The Balaban J connectivity index is 0.00000120. The Bertz CT molecular complexity index is 677. The minimum Gasteiger partial charge on any atom is -0.248 e. The van der Waals surface area contributed by atoms with Gasteiger partial charge in [-0.2, -0.15) is 18.2 Å². The van der Waals surface area contributed by atoms with Crippen LogP contribution in [-0.4, -0.2) is 9.13 Å². The molecule has 0 fully saturated rings. The van der Waals surface area contributed by atoms with Crippen LogP contribution < -0.4 is 0 Å². The molecule has 0 bridgehead atoms. The summed E-state index contributed by atoms with van der Waals surface area (Å²) in [6, 6.07) is 15.6. The molecular formula is C14H11FIrN2. The Hall–Kier alpha value is -1.51. The number of hydrogen-bond donors (Lipinski definition) is 0. The number of nitrogens with zero attached hydrogens (tertiary/aromatic N) is 2. The third-order valence-corrected chi connectivity index (χ3v) is 2.82. The summed E-state index contributed by atoms with van der Waals surface area (Å²) >= 11 is 0. The summed E-state index contributed by atoms with van der Waals surface area (Å²) in [5, 5.41) is 0. The van der Waals surface area contributed by atoms with Crippen LogP contribution in [0.1, 0.15) is 0 Å². The maximum Gasteiger partial charge on any atom is 0.191 e. The molecular weight excluding hydrogens is 407 g/mol. The first kappa shape index (κ1) is 12.9. The van der Waals surface area contributed by atoms with Gasteiger partial charge in [0.15, 0.2) is 17.4 Å². The molecule has 4 heteroatoms. The molecule has 0 spiro atoms. The van der Waals surface area contributed by atoms with E-state index < -0.39 is 0 Å². The van der Waals surface area contributed by atoms with Crippen molar-refractivity contribution in [2.24, 2.45) is 7.05 Å². The van der Waals surface area contributed by atoms with Gasteiger partial charge in [-0.3, -0.25) is 0 Å². The second-order valence-corrected chi connectivity index (χ2v) is 3.98. The molecule has 3 rings (SSSR count). The smallest absolute Gasteiger partial charge is 0.191 e. The minimum atomic E-state index is -0.228. The molecule has 18 heavy (non-hydrogen) atoms. The van der Waals surface area contributed by atoms with Crippen LogP contribution in [0.15, 0.2) is 48.8 Å². The predicted molar refractivity (Wildman–Crippen MR) is 65.4 cm³/mol. The van der Waals surface area contributed by atoms with Gasteiger partial charge >= 0.3 is 0 Å². The molecule has 0 saturated carbocycles. The number of rotatable bonds is 1. The first-order valence-electron chi connectivity index (χ1n) is 5.39. The van der Waals surface area contributed by atoms with Crippen LogP contribution >= 0.6 is 0 Å². The number of imidazole rings is 1. The molecule has 0 aliphatic rings. The standard InChI is InChI=1S/C14H11FN2.Ir/c1-16-10-17(12-5-3-2-4-6-12)14-9-11(15)7-8-13(14)16;/h2-5,7-10H,1H3;. The van der Waals surface area contributed by atoms with E-state index in [1.807, 2.05) is 46.8 Å². The normalized spacial score (nSPS) is 10.3. The van der Waals surface area contributed by atoms with E-state index in [4.69, 9.17) is 0 Å². The van der Waals surface area contributed by atoms with Crippen molar-refractivity contribution in [2.45, 2.75) is 0 Å². The fraction of sp³-hybridized carbons (Fsp3) is 0.0714. The van der Waals surface area contributed by atoms with E-state index in [1.54, 1.807) is 6.07 Å². The molecule has 0 unspecified atom stereocenters. The fourth-order valence-electron chi connectivity index (χ4n) is 2.01. The summed E-state index contributed by atoms with van der Waals surface area (Å²) in [5.74, 6) is -0.228. The van der Waals surface area contributed by atoms with Gasteiger partial charge in [0.1, 0.15) is 5.82 Å². The maximum atomic E-state index is 13.3. The molecule has 0 atom stereocenters. The van der Waals surface area contributed by atoms with Crippen molar-refractivity contribution in [1.82, 2.24) is 9.13 Å². The monoisotopic (exact) mass is 419 g/mol. The van der Waals surface area contributed by atoms with Crippen molar-refractivity contribution in [3.63, 3.8) is 0 Å². The van der Waals surface area contributed by atoms with Crippen molar-refractivity contribution in [2.75, 3.05) is 0 Å². The molecule has 0 aliphatic heterocycles. The van der Waals surface area contributed by atoms with Crippen LogP contribution in [0, 0.1) is 11.9 Å². The summed E-state index contributed by atoms with van der Waals surface area (Å²) < 4.78 is 17.2. The number of fused-ring (bicyclic) bond motifs is 1. The van der Waals surface area contributed by atoms with Crippen LogP contribution in [0.25, 0.3) is 16.7 Å². The Morgan fingerprint density at radius 3 is 2.72 bits per heavy atom. The van der Waals surface area contributed by atoms with Gasteiger partial charge in [-0.05, 0) is 6.07 Å². The van der Waals surface area contributed by atoms with Crippen molar-refractivity contribution in [3.05, 3.63) is 60.7 Å². The third-order valence-electron chi connectivity index (χ3n) is 2.82. The SMILES string of the molecule is Cn1[cH+]n(-c2[c-]cccc2)c2cc(F)ccc21.[Ir]. The topological polar surface area (TPSA) is 9.86 Å². The summed E-state index contributed by atoms with van der Waals surface area (Å²) in [4.78, 5) is 0. The average molecular weight is 418 g/mol. The molecule has 0 aliphatic carbocycles. The third kappa shape index (κ3) is 2.09. The largest absolute Gasteiger partial charge is 0.248 e. The van der Waals surface area contributed by atoms with E-state index in [2.05, 4.69) is 6.07 Å². The maximum absolute atomic E-state index is 13.3. The van der Waals surface area contributed by atoms with Gasteiger partial charge in [-0.25, -0.2) is 13.5 Å². The van der Waals surface area contributed by atoms with E-state index in [0.717, 1.165) is 16.7 Å². The average Bonchev–Trinajstić information content (AvgIpc) is 2.67. The van der Waals surface area contributed by atoms with Gasteiger partial charge in [0.05, 0.1) is 6.07 Å². The van der Waals surface area contributed by atoms with Crippen molar-refractivity contribution < 1.29 is 24.5 Å². The number of aryl methyl sites for hydroxylation is 1. The zero-order chi connectivity index (χ0) is 11.8. The zero-order valence-corrected chi connectivity index (χ0v) is 12.1. The Labute approximate surface area is 118 Å². The summed E-state index contributed by atoms with van der Waals surface area (Å²) in [6.45, 7) is 0. The van der Waals surface area contributed by atoms with Crippen LogP contribution in [0.2, 0.25) is 0 Å². The molecule has 1 aromatic heterocycles. The van der Waals surface area contributed by atoms with Gasteiger partial charge in [-0.15, -0.1) is 12.1 Å². The van der Waals surface area contributed by atoms with Crippen LogP contribution in [0.5, 0.6) is 0 Å².